The summed E-state index contributed by atoms with van der Waals surface area (Å²) >= 11 is 0. The van der Waals surface area contributed by atoms with Gasteiger partial charge in [0, 0.05) is 23.9 Å². The molecule has 108 valence electrons. The molecule has 3 aromatic rings. The number of hydrogen-bond donors (Lipinski definition) is 1. The number of hydrogen-bond acceptors (Lipinski definition) is 5. The largest absolute Gasteiger partial charge is 0.508 e. The zero-order valence-corrected chi connectivity index (χ0v) is 11.5. The molecular weight excluding hydrogens is 272 g/mol. The number of benzene rings is 2. The minimum atomic E-state index is -0.458. The quantitative estimate of drug-likeness (QED) is 0.453. The molecule has 0 aliphatic heterocycles. The number of ether oxygens (including phenoxy) is 2. The Bertz CT molecular complexity index is 850. The second kappa shape index (κ2) is 5.46. The average Bonchev–Trinajstić information content (AvgIpc) is 2.47. The molecule has 21 heavy (non-hydrogen) atoms. The normalized spacial score (nSPS) is 11.1. The molecule has 0 aliphatic rings. The molecule has 0 spiro atoms. The lowest BCUT2D eigenvalue weighted by Crippen LogP contribution is -2.05. The van der Waals surface area contributed by atoms with Gasteiger partial charge in [0.15, 0.2) is 0 Å². The van der Waals surface area contributed by atoms with Crippen LogP contribution in [0.25, 0.3) is 21.7 Å². The summed E-state index contributed by atoms with van der Waals surface area (Å²) in [5.74, 6) is 0.648. The maximum Gasteiger partial charge on any atom is 0.344 e. The molecule has 2 aromatic carbocycles. The predicted molar refractivity (Wildman–Crippen MR) is 79.0 cm³/mol. The van der Waals surface area contributed by atoms with Gasteiger partial charge >= 0.3 is 5.63 Å². The number of methoxy groups -OCH3 is 1. The van der Waals surface area contributed by atoms with Crippen molar-refractivity contribution < 1.29 is 19.0 Å². The molecular formula is C16H14O5. The van der Waals surface area contributed by atoms with Crippen molar-refractivity contribution in [3.8, 4) is 11.5 Å². The van der Waals surface area contributed by atoms with Gasteiger partial charge in [-0.3, -0.25) is 0 Å². The highest BCUT2D eigenvalue weighted by Crippen LogP contribution is 2.28. The minimum Gasteiger partial charge on any atom is -0.508 e. The van der Waals surface area contributed by atoms with Crippen LogP contribution < -0.4 is 10.4 Å². The molecule has 5 heteroatoms. The van der Waals surface area contributed by atoms with E-state index >= 15 is 0 Å². The Balaban J connectivity index is 2.13. The first-order chi connectivity index (χ1) is 10.2. The van der Waals surface area contributed by atoms with Crippen molar-refractivity contribution in [2.75, 3.05) is 20.3 Å². The van der Waals surface area contributed by atoms with E-state index in [4.69, 9.17) is 13.9 Å². The van der Waals surface area contributed by atoms with Crippen LogP contribution >= 0.6 is 0 Å². The number of fused-ring (bicyclic) bond motifs is 3. The van der Waals surface area contributed by atoms with Crippen molar-refractivity contribution in [3.05, 3.63) is 46.8 Å². The highest BCUT2D eigenvalue weighted by molar-refractivity contribution is 6.04. The van der Waals surface area contributed by atoms with Gasteiger partial charge in [-0.25, -0.2) is 4.79 Å². The third-order valence-corrected chi connectivity index (χ3v) is 3.23. The van der Waals surface area contributed by atoms with Crippen LogP contribution in [0.2, 0.25) is 0 Å². The van der Waals surface area contributed by atoms with Gasteiger partial charge in [-0.2, -0.15) is 0 Å². The third-order valence-electron chi connectivity index (χ3n) is 3.23. The van der Waals surface area contributed by atoms with Crippen LogP contribution in [0.1, 0.15) is 0 Å². The van der Waals surface area contributed by atoms with Crippen LogP contribution in [-0.4, -0.2) is 25.4 Å². The average molecular weight is 286 g/mol. The van der Waals surface area contributed by atoms with Gasteiger partial charge in [-0.1, -0.05) is 0 Å². The highest BCUT2D eigenvalue weighted by Gasteiger charge is 2.09. The Morgan fingerprint density at radius 1 is 1.05 bits per heavy atom. The topological polar surface area (TPSA) is 68.9 Å². The molecule has 5 nitrogen and oxygen atoms in total. The predicted octanol–water partition coefficient (Wildman–Crippen LogP) is 2.68. The summed E-state index contributed by atoms with van der Waals surface area (Å²) in [6, 6.07) is 9.98. The Kier molecular flexibility index (Phi) is 3.50. The van der Waals surface area contributed by atoms with Gasteiger partial charge < -0.3 is 19.0 Å². The van der Waals surface area contributed by atoms with Crippen LogP contribution in [0.15, 0.2) is 45.6 Å². The van der Waals surface area contributed by atoms with E-state index in [9.17, 15) is 9.90 Å². The third kappa shape index (κ3) is 2.55. The summed E-state index contributed by atoms with van der Waals surface area (Å²) in [6.45, 7) is 0.887. The number of rotatable bonds is 4. The summed E-state index contributed by atoms with van der Waals surface area (Å²) in [5.41, 5.74) is -0.0964. The molecule has 0 fully saturated rings. The molecule has 0 unspecified atom stereocenters. The molecule has 0 atom stereocenters. The molecule has 1 heterocycles. The number of aromatic hydroxyl groups is 1. The van der Waals surface area contributed by atoms with E-state index in [2.05, 4.69) is 0 Å². The second-order valence-electron chi connectivity index (χ2n) is 4.62. The van der Waals surface area contributed by atoms with E-state index in [1.165, 1.54) is 6.07 Å². The molecule has 0 bridgehead atoms. The van der Waals surface area contributed by atoms with E-state index in [-0.39, 0.29) is 5.75 Å². The number of phenolic OH excluding ortho intramolecular Hbond substituents is 1. The van der Waals surface area contributed by atoms with Crippen molar-refractivity contribution in [2.45, 2.75) is 0 Å². The lowest BCUT2D eigenvalue weighted by atomic mass is 10.1. The smallest absolute Gasteiger partial charge is 0.344 e. The van der Waals surface area contributed by atoms with E-state index in [1.807, 2.05) is 6.07 Å². The molecule has 0 aliphatic carbocycles. The Morgan fingerprint density at radius 3 is 2.67 bits per heavy atom. The van der Waals surface area contributed by atoms with Crippen LogP contribution in [0.4, 0.5) is 0 Å². The van der Waals surface area contributed by atoms with Crippen LogP contribution in [0.5, 0.6) is 11.5 Å². The maximum absolute atomic E-state index is 12.1. The summed E-state index contributed by atoms with van der Waals surface area (Å²) < 4.78 is 15.7. The fraction of sp³-hybridized carbons (Fsp3) is 0.188. The second-order valence-corrected chi connectivity index (χ2v) is 4.62. The standard InChI is InChI=1S/C16H14O5/c1-19-6-7-20-11-3-5-12-13-4-2-10(17)8-15(13)21-16(18)14(12)9-11/h2-5,8-9,17H,6-7H2,1H3. The fourth-order valence-corrected chi connectivity index (χ4v) is 2.23. The highest BCUT2D eigenvalue weighted by atomic mass is 16.5. The van der Waals surface area contributed by atoms with Crippen molar-refractivity contribution in [3.63, 3.8) is 0 Å². The maximum atomic E-state index is 12.1. The van der Waals surface area contributed by atoms with Gasteiger partial charge in [0.1, 0.15) is 23.7 Å². The Morgan fingerprint density at radius 2 is 1.86 bits per heavy atom. The van der Waals surface area contributed by atoms with Crippen molar-refractivity contribution in [2.24, 2.45) is 0 Å². The summed E-state index contributed by atoms with van der Waals surface area (Å²) in [4.78, 5) is 12.1. The fourth-order valence-electron chi connectivity index (χ4n) is 2.23. The lowest BCUT2D eigenvalue weighted by Gasteiger charge is -2.07. The van der Waals surface area contributed by atoms with Gasteiger partial charge in [-0.15, -0.1) is 0 Å². The molecule has 3 rings (SSSR count). The summed E-state index contributed by atoms with van der Waals surface area (Å²) in [6.07, 6.45) is 0. The zero-order chi connectivity index (χ0) is 14.8. The van der Waals surface area contributed by atoms with Crippen LogP contribution in [0, 0.1) is 0 Å². The Labute approximate surface area is 120 Å². The molecule has 1 aromatic heterocycles. The van der Waals surface area contributed by atoms with Crippen molar-refractivity contribution in [1.29, 1.82) is 0 Å². The molecule has 0 saturated heterocycles. The first kappa shape index (κ1) is 13.5. The van der Waals surface area contributed by atoms with Crippen LogP contribution in [0.3, 0.4) is 0 Å². The zero-order valence-electron chi connectivity index (χ0n) is 11.5. The SMILES string of the molecule is COCCOc1ccc2c(c1)c(=O)oc1cc(O)ccc12. The first-order valence-electron chi connectivity index (χ1n) is 6.50. The summed E-state index contributed by atoms with van der Waals surface area (Å²) in [5, 5.41) is 11.4. The van der Waals surface area contributed by atoms with E-state index in [0.717, 1.165) is 10.8 Å². The van der Waals surface area contributed by atoms with Crippen molar-refractivity contribution >= 4 is 21.7 Å². The number of phenols is 1. The van der Waals surface area contributed by atoms with Gasteiger partial charge in [0.25, 0.3) is 0 Å². The molecule has 0 radical (unpaired) electrons. The van der Waals surface area contributed by atoms with E-state index in [1.54, 1.807) is 31.4 Å². The first-order valence-corrected chi connectivity index (χ1v) is 6.50. The van der Waals surface area contributed by atoms with E-state index in [0.29, 0.717) is 29.9 Å². The van der Waals surface area contributed by atoms with Gasteiger partial charge in [0.2, 0.25) is 0 Å². The lowest BCUT2D eigenvalue weighted by molar-refractivity contribution is 0.146. The monoisotopic (exact) mass is 286 g/mol. The minimum absolute atomic E-state index is 0.0597. The molecule has 0 saturated carbocycles. The van der Waals surface area contributed by atoms with Crippen LogP contribution in [-0.2, 0) is 4.74 Å². The summed E-state index contributed by atoms with van der Waals surface area (Å²) in [7, 11) is 1.60. The van der Waals surface area contributed by atoms with E-state index < -0.39 is 5.63 Å². The van der Waals surface area contributed by atoms with Gasteiger partial charge in [0.05, 0.1) is 12.0 Å². The van der Waals surface area contributed by atoms with Crippen molar-refractivity contribution in [1.82, 2.24) is 0 Å². The molecule has 1 N–H and O–H groups in total. The molecule has 0 amide bonds. The van der Waals surface area contributed by atoms with Gasteiger partial charge in [-0.05, 0) is 30.3 Å². The Hall–Kier alpha value is -2.53.